The van der Waals surface area contributed by atoms with Crippen molar-refractivity contribution in [3.05, 3.63) is 81.2 Å². The van der Waals surface area contributed by atoms with E-state index in [9.17, 15) is 28.7 Å². The smallest absolute Gasteiger partial charge is 0.328 e. The minimum Gasteiger partial charge on any atom is -0.478 e. The maximum atomic E-state index is 13.8. The fourth-order valence-corrected chi connectivity index (χ4v) is 5.81. The van der Waals surface area contributed by atoms with Crippen LogP contribution in [0, 0.1) is 9.39 Å². The fraction of sp³-hybridized carbons (Fsp3) is 0.286. The van der Waals surface area contributed by atoms with Gasteiger partial charge in [-0.2, -0.15) is 0 Å². The molecule has 0 aromatic heterocycles. The van der Waals surface area contributed by atoms with E-state index >= 15 is 0 Å². The standard InChI is InChI=1S/C20H22FIN2OS.2C4H4O4/c21-15-2-1-14-11-18(24-7-5-23(6-8-24)9-10-25)17-13-16(22)3-4-19(17)26-20(14)12-15;2*5-3(6)1-2-4(7)8/h1-4,12-13,18,25H,5-11H2;2*1-2H,(H,5,6)(H,7,8)/b;2*2-1+. The number of carbonyl (C=O) groups is 4. The van der Waals surface area contributed by atoms with Crippen LogP contribution in [0.1, 0.15) is 17.2 Å². The molecule has 226 valence electrons. The second-order valence-electron chi connectivity index (χ2n) is 8.88. The Morgan fingerprint density at radius 1 is 0.833 bits per heavy atom. The van der Waals surface area contributed by atoms with Gasteiger partial charge in [-0.05, 0) is 70.5 Å². The van der Waals surface area contributed by atoms with Crippen LogP contribution in [-0.4, -0.2) is 98.5 Å². The number of hydrogen-bond acceptors (Lipinski definition) is 8. The Balaban J connectivity index is 0.000000319. The summed E-state index contributed by atoms with van der Waals surface area (Å²) in [5, 5.41) is 40.4. The van der Waals surface area contributed by atoms with Crippen molar-refractivity contribution < 1.29 is 49.1 Å². The molecular formula is C28H30FIN2O9S. The van der Waals surface area contributed by atoms with E-state index in [1.807, 2.05) is 6.07 Å². The summed E-state index contributed by atoms with van der Waals surface area (Å²) in [7, 11) is 0. The molecule has 2 aliphatic heterocycles. The Labute approximate surface area is 259 Å². The summed E-state index contributed by atoms with van der Waals surface area (Å²) in [6.07, 6.45) is 3.14. The normalized spacial score (nSPS) is 16.7. The summed E-state index contributed by atoms with van der Waals surface area (Å²) in [6, 6.07) is 12.1. The number of carboxylic acids is 4. The molecule has 42 heavy (non-hydrogen) atoms. The van der Waals surface area contributed by atoms with Gasteiger partial charge in [-0.3, -0.25) is 9.80 Å². The highest BCUT2D eigenvalue weighted by Crippen LogP contribution is 2.43. The number of aliphatic hydroxyl groups is 1. The fourth-order valence-electron chi connectivity index (χ4n) is 4.15. The third-order valence-electron chi connectivity index (χ3n) is 5.99. The molecule has 1 atom stereocenters. The molecule has 0 aliphatic carbocycles. The van der Waals surface area contributed by atoms with Crippen molar-refractivity contribution in [1.29, 1.82) is 0 Å². The highest BCUT2D eigenvalue weighted by molar-refractivity contribution is 14.1. The lowest BCUT2D eigenvalue weighted by Gasteiger charge is -2.39. The predicted octanol–water partition coefficient (Wildman–Crippen LogP) is 3.21. The van der Waals surface area contributed by atoms with Crippen LogP contribution in [0.4, 0.5) is 4.39 Å². The van der Waals surface area contributed by atoms with Crippen LogP contribution >= 0.6 is 34.4 Å². The molecule has 1 fully saturated rings. The molecule has 1 saturated heterocycles. The van der Waals surface area contributed by atoms with Gasteiger partial charge in [-0.15, -0.1) is 0 Å². The van der Waals surface area contributed by atoms with Crippen molar-refractivity contribution in [2.45, 2.75) is 22.3 Å². The van der Waals surface area contributed by atoms with Gasteiger partial charge in [0.1, 0.15) is 5.82 Å². The number of aliphatic carboxylic acids is 4. The maximum absolute atomic E-state index is 13.8. The molecule has 0 radical (unpaired) electrons. The summed E-state index contributed by atoms with van der Waals surface area (Å²) < 4.78 is 15.0. The lowest BCUT2D eigenvalue weighted by Crippen LogP contribution is -2.48. The average molecular weight is 717 g/mol. The SMILES string of the molecule is O=C(O)/C=C/C(=O)O.O=C(O)/C=C/C(=O)O.OCCN1CCN(C2Cc3ccc(F)cc3Sc3ccc(I)cc32)CC1. The monoisotopic (exact) mass is 716 g/mol. The van der Waals surface area contributed by atoms with Gasteiger partial charge in [-0.1, -0.05) is 17.8 Å². The molecule has 0 saturated carbocycles. The Hall–Kier alpha value is -3.31. The van der Waals surface area contributed by atoms with E-state index in [4.69, 9.17) is 20.4 Å². The molecule has 2 heterocycles. The zero-order valence-corrected chi connectivity index (χ0v) is 25.2. The van der Waals surface area contributed by atoms with Gasteiger partial charge in [-0.25, -0.2) is 23.6 Å². The summed E-state index contributed by atoms with van der Waals surface area (Å²) in [4.78, 5) is 45.4. The molecule has 1 unspecified atom stereocenters. The molecule has 2 aliphatic rings. The number of nitrogens with zero attached hydrogens (tertiary/aromatic N) is 2. The quantitative estimate of drug-likeness (QED) is 0.209. The van der Waals surface area contributed by atoms with Crippen molar-refractivity contribution in [2.75, 3.05) is 39.3 Å². The molecule has 5 N–H and O–H groups in total. The number of rotatable bonds is 7. The molecule has 2 aromatic rings. The summed E-state index contributed by atoms with van der Waals surface area (Å²) >= 11 is 4.06. The number of aliphatic hydroxyl groups excluding tert-OH is 1. The number of benzene rings is 2. The van der Waals surface area contributed by atoms with Crippen LogP contribution in [0.2, 0.25) is 0 Å². The minimum atomic E-state index is -1.26. The van der Waals surface area contributed by atoms with Gasteiger partial charge in [0.15, 0.2) is 0 Å². The lowest BCUT2D eigenvalue weighted by atomic mass is 9.96. The topological polar surface area (TPSA) is 176 Å². The Morgan fingerprint density at radius 3 is 1.88 bits per heavy atom. The van der Waals surface area contributed by atoms with E-state index in [2.05, 4.69) is 50.6 Å². The molecule has 4 rings (SSSR count). The van der Waals surface area contributed by atoms with E-state index in [-0.39, 0.29) is 12.4 Å². The van der Waals surface area contributed by atoms with Crippen molar-refractivity contribution in [3.8, 4) is 0 Å². The molecule has 14 heteroatoms. The molecular weight excluding hydrogens is 686 g/mol. The minimum absolute atomic E-state index is 0.167. The zero-order valence-electron chi connectivity index (χ0n) is 22.2. The largest absolute Gasteiger partial charge is 0.478 e. The second kappa shape index (κ2) is 17.6. The zero-order chi connectivity index (χ0) is 31.2. The van der Waals surface area contributed by atoms with Crippen molar-refractivity contribution >= 4 is 58.2 Å². The van der Waals surface area contributed by atoms with Crippen LogP contribution < -0.4 is 0 Å². The van der Waals surface area contributed by atoms with Crippen LogP contribution in [0.25, 0.3) is 0 Å². The molecule has 0 amide bonds. The van der Waals surface area contributed by atoms with E-state index in [0.717, 1.165) is 44.0 Å². The Kier molecular flexibility index (Phi) is 14.6. The third-order valence-corrected chi connectivity index (χ3v) is 7.86. The number of piperazine rings is 1. The number of hydrogen-bond donors (Lipinski definition) is 5. The summed E-state index contributed by atoms with van der Waals surface area (Å²) in [6.45, 7) is 4.94. The number of halogens is 2. The Morgan fingerprint density at radius 2 is 1.38 bits per heavy atom. The average Bonchev–Trinajstić information content (AvgIpc) is 3.08. The number of carboxylic acid groups (broad SMARTS) is 4. The van der Waals surface area contributed by atoms with E-state index in [1.54, 1.807) is 23.9 Å². The third kappa shape index (κ3) is 12.3. The first-order valence-corrected chi connectivity index (χ1v) is 14.4. The molecule has 0 spiro atoms. The van der Waals surface area contributed by atoms with Gasteiger partial charge in [0.05, 0.1) is 6.61 Å². The van der Waals surface area contributed by atoms with Crippen LogP contribution in [0.3, 0.4) is 0 Å². The van der Waals surface area contributed by atoms with Crippen molar-refractivity contribution in [1.82, 2.24) is 9.80 Å². The van der Waals surface area contributed by atoms with Gasteiger partial charge < -0.3 is 25.5 Å². The van der Waals surface area contributed by atoms with Crippen LogP contribution in [0.15, 0.2) is 70.5 Å². The first-order chi connectivity index (χ1) is 19.9. The first kappa shape index (κ1) is 34.9. The van der Waals surface area contributed by atoms with Gasteiger partial charge in [0.25, 0.3) is 0 Å². The summed E-state index contributed by atoms with van der Waals surface area (Å²) in [5.41, 5.74) is 2.58. The maximum Gasteiger partial charge on any atom is 0.328 e. The summed E-state index contributed by atoms with van der Waals surface area (Å²) in [5.74, 6) is -5.20. The van der Waals surface area contributed by atoms with E-state index in [1.165, 1.54) is 19.6 Å². The Bertz CT molecular complexity index is 1260. The molecule has 11 nitrogen and oxygen atoms in total. The predicted molar refractivity (Wildman–Crippen MR) is 160 cm³/mol. The molecule has 0 bridgehead atoms. The van der Waals surface area contributed by atoms with Gasteiger partial charge >= 0.3 is 23.9 Å². The lowest BCUT2D eigenvalue weighted by molar-refractivity contribution is -0.134. The highest BCUT2D eigenvalue weighted by Gasteiger charge is 2.30. The molecule has 2 aromatic carbocycles. The van der Waals surface area contributed by atoms with Crippen molar-refractivity contribution in [3.63, 3.8) is 0 Å². The van der Waals surface area contributed by atoms with Gasteiger partial charge in [0.2, 0.25) is 0 Å². The van der Waals surface area contributed by atoms with Crippen LogP contribution in [0.5, 0.6) is 0 Å². The first-order valence-electron chi connectivity index (χ1n) is 12.5. The number of β-amino-alcohol motifs (C(OH)–C–C–N with tert-alkyl or cyclic N) is 1. The van der Waals surface area contributed by atoms with Crippen molar-refractivity contribution in [2.24, 2.45) is 0 Å². The van der Waals surface area contributed by atoms with E-state index in [0.29, 0.717) is 30.3 Å². The highest BCUT2D eigenvalue weighted by atomic mass is 127. The van der Waals surface area contributed by atoms with Crippen LogP contribution in [-0.2, 0) is 25.6 Å². The van der Waals surface area contributed by atoms with E-state index < -0.39 is 23.9 Å². The van der Waals surface area contributed by atoms with Gasteiger partial charge in [0, 0.05) is 76.4 Å². The number of fused-ring (bicyclic) bond motifs is 2. The second-order valence-corrected chi connectivity index (χ2v) is 11.2.